The van der Waals surface area contributed by atoms with Crippen LogP contribution in [0.4, 0.5) is 0 Å². The quantitative estimate of drug-likeness (QED) is 0.658. The predicted octanol–water partition coefficient (Wildman–Crippen LogP) is 2.65. The highest BCUT2D eigenvalue weighted by atomic mass is 35.5. The molecule has 0 amide bonds. The minimum atomic E-state index is -0.325. The van der Waals surface area contributed by atoms with Crippen molar-refractivity contribution < 1.29 is 0 Å². The number of nitrogens with zero attached hydrogens (tertiary/aromatic N) is 2. The number of aryl methyl sites for hydroxylation is 1. The smallest absolute Gasteiger partial charge is 0.277 e. The van der Waals surface area contributed by atoms with E-state index in [2.05, 4.69) is 5.10 Å². The molecule has 0 radical (unpaired) electrons. The van der Waals surface area contributed by atoms with Gasteiger partial charge in [-0.1, -0.05) is 37.1 Å². The van der Waals surface area contributed by atoms with Gasteiger partial charge in [-0.2, -0.15) is 5.10 Å². The van der Waals surface area contributed by atoms with Crippen LogP contribution in [0.3, 0.4) is 0 Å². The van der Waals surface area contributed by atoms with Gasteiger partial charge in [0.2, 0.25) is 0 Å². The molecule has 1 aromatic carbocycles. The molecule has 0 saturated heterocycles. The molecule has 0 atom stereocenters. The standard InChI is InChI=1S/C15H17ClN4O/c1-2-3-8-20-15(21)12(14(17)18)9-13(19-20)10-4-6-11(16)7-5-10/h4-7,9H,2-3,8H2,1H3,(H3,17,18). The minimum absolute atomic E-state index is 0.172. The molecular formula is C15H17ClN4O. The summed E-state index contributed by atoms with van der Waals surface area (Å²) in [5.41, 5.74) is 6.78. The van der Waals surface area contributed by atoms with Gasteiger partial charge in [0.05, 0.1) is 11.3 Å². The fourth-order valence-electron chi connectivity index (χ4n) is 1.96. The summed E-state index contributed by atoms with van der Waals surface area (Å²) in [6.45, 7) is 2.55. The van der Waals surface area contributed by atoms with Gasteiger partial charge in [-0.3, -0.25) is 10.2 Å². The maximum atomic E-state index is 12.2. The molecule has 0 aliphatic rings. The zero-order valence-corrected chi connectivity index (χ0v) is 12.5. The Balaban J connectivity index is 2.55. The van der Waals surface area contributed by atoms with Crippen LogP contribution in [0.1, 0.15) is 25.3 Å². The van der Waals surface area contributed by atoms with E-state index in [4.69, 9.17) is 22.7 Å². The number of aromatic nitrogens is 2. The number of benzene rings is 1. The first-order valence-electron chi connectivity index (χ1n) is 6.75. The maximum Gasteiger partial charge on any atom is 0.277 e. The zero-order chi connectivity index (χ0) is 15.4. The largest absolute Gasteiger partial charge is 0.384 e. The Morgan fingerprint density at radius 1 is 1.38 bits per heavy atom. The summed E-state index contributed by atoms with van der Waals surface area (Å²) in [5, 5.41) is 12.5. The summed E-state index contributed by atoms with van der Waals surface area (Å²) in [4.78, 5) is 12.2. The van der Waals surface area contributed by atoms with Crippen molar-refractivity contribution in [2.45, 2.75) is 26.3 Å². The molecule has 0 spiro atoms. The number of hydrogen-bond donors (Lipinski definition) is 2. The third kappa shape index (κ3) is 3.49. The molecule has 0 fully saturated rings. The SMILES string of the molecule is CCCCn1nc(-c2ccc(Cl)cc2)cc(C(=N)N)c1=O. The van der Waals surface area contributed by atoms with Gasteiger partial charge >= 0.3 is 0 Å². The molecule has 5 nitrogen and oxygen atoms in total. The van der Waals surface area contributed by atoms with E-state index in [1.807, 2.05) is 19.1 Å². The molecule has 21 heavy (non-hydrogen) atoms. The zero-order valence-electron chi connectivity index (χ0n) is 11.8. The first-order valence-corrected chi connectivity index (χ1v) is 7.13. The fourth-order valence-corrected chi connectivity index (χ4v) is 2.08. The third-order valence-electron chi connectivity index (χ3n) is 3.13. The summed E-state index contributed by atoms with van der Waals surface area (Å²) in [6, 6.07) is 8.71. The highest BCUT2D eigenvalue weighted by Crippen LogP contribution is 2.19. The van der Waals surface area contributed by atoms with E-state index in [1.165, 1.54) is 4.68 Å². The van der Waals surface area contributed by atoms with Crippen molar-refractivity contribution in [3.8, 4) is 11.3 Å². The van der Waals surface area contributed by atoms with Crippen LogP contribution in [-0.2, 0) is 6.54 Å². The van der Waals surface area contributed by atoms with Gasteiger partial charge in [0.15, 0.2) is 0 Å². The van der Waals surface area contributed by atoms with Gasteiger partial charge in [-0.05, 0) is 24.6 Å². The van der Waals surface area contributed by atoms with Crippen LogP contribution in [0.2, 0.25) is 5.02 Å². The summed E-state index contributed by atoms with van der Waals surface area (Å²) in [7, 11) is 0. The second-order valence-corrected chi connectivity index (χ2v) is 5.18. The highest BCUT2D eigenvalue weighted by molar-refractivity contribution is 6.30. The third-order valence-corrected chi connectivity index (χ3v) is 3.38. The molecular weight excluding hydrogens is 288 g/mol. The summed E-state index contributed by atoms with van der Waals surface area (Å²) < 4.78 is 1.38. The normalized spacial score (nSPS) is 10.6. The lowest BCUT2D eigenvalue weighted by molar-refractivity contribution is 0.544. The monoisotopic (exact) mass is 304 g/mol. The van der Waals surface area contributed by atoms with Crippen molar-refractivity contribution in [1.82, 2.24) is 9.78 Å². The van der Waals surface area contributed by atoms with Gasteiger partial charge in [0.25, 0.3) is 5.56 Å². The maximum absolute atomic E-state index is 12.2. The topological polar surface area (TPSA) is 84.8 Å². The second-order valence-electron chi connectivity index (χ2n) is 4.75. The Bertz CT molecular complexity index is 707. The van der Waals surface area contributed by atoms with Crippen LogP contribution in [0, 0.1) is 5.41 Å². The Labute approximate surface area is 127 Å². The van der Waals surface area contributed by atoms with Crippen molar-refractivity contribution in [3.05, 3.63) is 51.3 Å². The Kier molecular flexibility index (Phi) is 4.75. The number of halogens is 1. The lowest BCUT2D eigenvalue weighted by Gasteiger charge is -2.10. The number of nitrogens with two attached hydrogens (primary N) is 1. The van der Waals surface area contributed by atoms with Crippen molar-refractivity contribution in [2.24, 2.45) is 5.73 Å². The van der Waals surface area contributed by atoms with Gasteiger partial charge in [0, 0.05) is 17.1 Å². The minimum Gasteiger partial charge on any atom is -0.384 e. The molecule has 6 heteroatoms. The molecule has 0 aliphatic heterocycles. The lowest BCUT2D eigenvalue weighted by Crippen LogP contribution is -2.31. The Morgan fingerprint density at radius 2 is 2.05 bits per heavy atom. The van der Waals surface area contributed by atoms with Crippen molar-refractivity contribution >= 4 is 17.4 Å². The van der Waals surface area contributed by atoms with E-state index >= 15 is 0 Å². The number of amidine groups is 1. The van der Waals surface area contributed by atoms with Crippen molar-refractivity contribution in [3.63, 3.8) is 0 Å². The Morgan fingerprint density at radius 3 is 2.62 bits per heavy atom. The molecule has 1 heterocycles. The predicted molar refractivity (Wildman–Crippen MR) is 84.9 cm³/mol. The number of nitrogen functional groups attached to an aromatic ring is 1. The first-order chi connectivity index (χ1) is 10.0. The van der Waals surface area contributed by atoms with Gasteiger partial charge in [-0.25, -0.2) is 4.68 Å². The number of unbranched alkanes of at least 4 members (excludes halogenated alkanes) is 1. The van der Waals surface area contributed by atoms with Crippen LogP contribution in [-0.4, -0.2) is 15.6 Å². The van der Waals surface area contributed by atoms with Gasteiger partial charge < -0.3 is 5.73 Å². The van der Waals surface area contributed by atoms with E-state index in [0.29, 0.717) is 17.3 Å². The molecule has 0 unspecified atom stereocenters. The van der Waals surface area contributed by atoms with E-state index in [9.17, 15) is 4.79 Å². The van der Waals surface area contributed by atoms with E-state index in [-0.39, 0.29) is 17.0 Å². The summed E-state index contributed by atoms with van der Waals surface area (Å²) in [6.07, 6.45) is 1.79. The molecule has 1 aromatic heterocycles. The molecule has 0 aliphatic carbocycles. The summed E-state index contributed by atoms with van der Waals surface area (Å²) >= 11 is 5.88. The van der Waals surface area contributed by atoms with E-state index in [0.717, 1.165) is 18.4 Å². The number of rotatable bonds is 5. The van der Waals surface area contributed by atoms with E-state index in [1.54, 1.807) is 18.2 Å². The van der Waals surface area contributed by atoms with Crippen LogP contribution in [0.5, 0.6) is 0 Å². The average molecular weight is 305 g/mol. The second kappa shape index (κ2) is 6.54. The van der Waals surface area contributed by atoms with Crippen LogP contribution in [0.15, 0.2) is 35.1 Å². The van der Waals surface area contributed by atoms with Crippen LogP contribution < -0.4 is 11.3 Å². The first kappa shape index (κ1) is 15.3. The molecule has 0 saturated carbocycles. The van der Waals surface area contributed by atoms with Crippen molar-refractivity contribution in [2.75, 3.05) is 0 Å². The average Bonchev–Trinajstić information content (AvgIpc) is 2.47. The van der Waals surface area contributed by atoms with Crippen molar-refractivity contribution in [1.29, 1.82) is 5.41 Å². The Hall–Kier alpha value is -2.14. The lowest BCUT2D eigenvalue weighted by atomic mass is 10.1. The number of hydrogen-bond acceptors (Lipinski definition) is 3. The summed E-state index contributed by atoms with van der Waals surface area (Å²) in [5.74, 6) is -0.247. The van der Waals surface area contributed by atoms with Crippen LogP contribution in [0.25, 0.3) is 11.3 Å². The molecule has 3 N–H and O–H groups in total. The van der Waals surface area contributed by atoms with Gasteiger partial charge in [0.1, 0.15) is 5.84 Å². The molecule has 0 bridgehead atoms. The van der Waals surface area contributed by atoms with Crippen LogP contribution >= 0.6 is 11.6 Å². The van der Waals surface area contributed by atoms with Gasteiger partial charge in [-0.15, -0.1) is 0 Å². The number of nitrogens with one attached hydrogen (secondary N) is 1. The van der Waals surface area contributed by atoms with E-state index < -0.39 is 0 Å². The molecule has 110 valence electrons. The molecule has 2 rings (SSSR count). The fraction of sp³-hybridized carbons (Fsp3) is 0.267. The highest BCUT2D eigenvalue weighted by Gasteiger charge is 2.12. The molecule has 2 aromatic rings.